The third-order valence-corrected chi connectivity index (χ3v) is 9.50. The van der Waals surface area contributed by atoms with Gasteiger partial charge in [-0.3, -0.25) is 0 Å². The van der Waals surface area contributed by atoms with Gasteiger partial charge < -0.3 is 4.42 Å². The lowest BCUT2D eigenvalue weighted by atomic mass is 9.97. The molecule has 0 aliphatic carbocycles. The van der Waals surface area contributed by atoms with Gasteiger partial charge in [0, 0.05) is 27.5 Å². The molecule has 0 spiro atoms. The molecule has 0 amide bonds. The van der Waals surface area contributed by atoms with E-state index < -0.39 is 0 Å². The number of hydrogen-bond acceptors (Lipinski definition) is 4. The normalized spacial score (nSPS) is 11.7. The van der Waals surface area contributed by atoms with Crippen LogP contribution in [0.4, 0.5) is 0 Å². The average Bonchev–Trinajstić information content (AvgIpc) is 3.57. The standard InChI is InChI=1S/C45H27N3O/c1-2-11-29(12-3-1)36-16-8-18-39-41(36)42-37(17-9-19-40(42)49-39)45-47-43(33-24-20-28-10-4-5-14-32(28)26-33)46-44(48-45)34-25-23-31-22-21-30-13-6-7-15-35(30)38(31)27-34/h1-27H. The first-order chi connectivity index (χ1) is 24.3. The van der Waals surface area contributed by atoms with Crippen LogP contribution in [0.15, 0.2) is 168 Å². The highest BCUT2D eigenvalue weighted by Gasteiger charge is 2.20. The number of hydrogen-bond donors (Lipinski definition) is 0. The van der Waals surface area contributed by atoms with Crippen molar-refractivity contribution in [3.63, 3.8) is 0 Å². The summed E-state index contributed by atoms with van der Waals surface area (Å²) in [4.78, 5) is 15.6. The molecule has 0 bridgehead atoms. The van der Waals surface area contributed by atoms with Crippen LogP contribution in [0.25, 0.3) is 99.5 Å². The Morgan fingerprint density at radius 1 is 0.327 bits per heavy atom. The van der Waals surface area contributed by atoms with E-state index in [0.29, 0.717) is 17.5 Å². The Labute approximate surface area is 282 Å². The molecule has 2 aromatic heterocycles. The third-order valence-electron chi connectivity index (χ3n) is 9.50. The zero-order valence-electron chi connectivity index (χ0n) is 26.3. The highest BCUT2D eigenvalue weighted by atomic mass is 16.3. The van der Waals surface area contributed by atoms with E-state index in [4.69, 9.17) is 19.4 Å². The van der Waals surface area contributed by atoms with Crippen molar-refractivity contribution in [2.45, 2.75) is 0 Å². The Morgan fingerprint density at radius 2 is 0.878 bits per heavy atom. The Balaban J connectivity index is 1.25. The molecular weight excluding hydrogens is 599 g/mol. The minimum Gasteiger partial charge on any atom is -0.456 e. The fraction of sp³-hybridized carbons (Fsp3) is 0. The van der Waals surface area contributed by atoms with Gasteiger partial charge in [-0.2, -0.15) is 0 Å². The maximum atomic E-state index is 6.47. The molecule has 4 nitrogen and oxygen atoms in total. The van der Waals surface area contributed by atoms with Crippen molar-refractivity contribution in [3.8, 4) is 45.3 Å². The van der Waals surface area contributed by atoms with Gasteiger partial charge in [-0.05, 0) is 67.7 Å². The van der Waals surface area contributed by atoms with E-state index in [0.717, 1.165) is 55.1 Å². The molecular formula is C45H27N3O. The van der Waals surface area contributed by atoms with E-state index >= 15 is 0 Å². The molecule has 0 aliphatic rings. The monoisotopic (exact) mass is 625 g/mol. The molecule has 10 rings (SSSR count). The first kappa shape index (κ1) is 27.5. The van der Waals surface area contributed by atoms with Crippen LogP contribution in [0, 0.1) is 0 Å². The second kappa shape index (κ2) is 11.0. The first-order valence-corrected chi connectivity index (χ1v) is 16.4. The lowest BCUT2D eigenvalue weighted by Crippen LogP contribution is -2.00. The lowest BCUT2D eigenvalue weighted by molar-refractivity contribution is 0.669. The summed E-state index contributed by atoms with van der Waals surface area (Å²) in [6, 6.07) is 56.9. The molecule has 0 N–H and O–H groups in total. The summed E-state index contributed by atoms with van der Waals surface area (Å²) in [5.74, 6) is 1.84. The smallest absolute Gasteiger partial charge is 0.164 e. The van der Waals surface area contributed by atoms with E-state index in [2.05, 4.69) is 140 Å². The maximum Gasteiger partial charge on any atom is 0.164 e. The number of furan rings is 1. The summed E-state index contributed by atoms with van der Waals surface area (Å²) in [6.07, 6.45) is 0. The molecule has 0 atom stereocenters. The van der Waals surface area contributed by atoms with Gasteiger partial charge >= 0.3 is 0 Å². The van der Waals surface area contributed by atoms with Crippen LogP contribution in [0.5, 0.6) is 0 Å². The molecule has 0 saturated heterocycles. The van der Waals surface area contributed by atoms with Gasteiger partial charge in [0.2, 0.25) is 0 Å². The lowest BCUT2D eigenvalue weighted by Gasteiger charge is -2.11. The fourth-order valence-electron chi connectivity index (χ4n) is 7.14. The second-order valence-corrected chi connectivity index (χ2v) is 12.4. The highest BCUT2D eigenvalue weighted by molar-refractivity contribution is 6.17. The average molecular weight is 626 g/mol. The zero-order chi connectivity index (χ0) is 32.3. The molecule has 0 radical (unpaired) electrons. The summed E-state index contributed by atoms with van der Waals surface area (Å²) in [6.45, 7) is 0. The minimum absolute atomic E-state index is 0.599. The number of rotatable bonds is 4. The number of fused-ring (bicyclic) bond motifs is 7. The van der Waals surface area contributed by atoms with Crippen LogP contribution < -0.4 is 0 Å². The molecule has 2 heterocycles. The van der Waals surface area contributed by atoms with Gasteiger partial charge in [0.25, 0.3) is 0 Å². The first-order valence-electron chi connectivity index (χ1n) is 16.4. The van der Waals surface area contributed by atoms with E-state index in [-0.39, 0.29) is 0 Å². The molecule has 8 aromatic carbocycles. The van der Waals surface area contributed by atoms with E-state index in [1.54, 1.807) is 0 Å². The Hall–Kier alpha value is -6.65. The van der Waals surface area contributed by atoms with E-state index in [1.165, 1.54) is 26.9 Å². The predicted octanol–water partition coefficient (Wildman–Crippen LogP) is 11.9. The molecule has 49 heavy (non-hydrogen) atoms. The van der Waals surface area contributed by atoms with Crippen molar-refractivity contribution in [1.82, 2.24) is 15.0 Å². The molecule has 228 valence electrons. The minimum atomic E-state index is 0.599. The van der Waals surface area contributed by atoms with Crippen LogP contribution in [0.3, 0.4) is 0 Å². The largest absolute Gasteiger partial charge is 0.456 e. The summed E-state index contributed by atoms with van der Waals surface area (Å²) in [5, 5.41) is 9.09. The van der Waals surface area contributed by atoms with Gasteiger partial charge in [-0.15, -0.1) is 0 Å². The Kier molecular flexibility index (Phi) is 6.15. The molecule has 0 unspecified atom stereocenters. The molecule has 0 saturated carbocycles. The van der Waals surface area contributed by atoms with Crippen LogP contribution in [0.2, 0.25) is 0 Å². The van der Waals surface area contributed by atoms with Crippen molar-refractivity contribution in [2.75, 3.05) is 0 Å². The van der Waals surface area contributed by atoms with E-state index in [1.807, 2.05) is 24.3 Å². The zero-order valence-corrected chi connectivity index (χ0v) is 26.3. The van der Waals surface area contributed by atoms with Gasteiger partial charge in [0.15, 0.2) is 17.5 Å². The van der Waals surface area contributed by atoms with Crippen LogP contribution in [0.1, 0.15) is 0 Å². The van der Waals surface area contributed by atoms with Gasteiger partial charge in [-0.25, -0.2) is 15.0 Å². The quantitative estimate of drug-likeness (QED) is 0.183. The molecule has 0 fully saturated rings. The van der Waals surface area contributed by atoms with Crippen LogP contribution in [-0.2, 0) is 0 Å². The summed E-state index contributed by atoms with van der Waals surface area (Å²) >= 11 is 0. The fourth-order valence-corrected chi connectivity index (χ4v) is 7.14. The molecule has 10 aromatic rings. The molecule has 4 heteroatoms. The van der Waals surface area contributed by atoms with Crippen LogP contribution in [-0.4, -0.2) is 15.0 Å². The number of benzene rings is 8. The second-order valence-electron chi connectivity index (χ2n) is 12.4. The van der Waals surface area contributed by atoms with Gasteiger partial charge in [0.1, 0.15) is 11.2 Å². The Bertz CT molecular complexity index is 2890. The van der Waals surface area contributed by atoms with Crippen molar-refractivity contribution >= 4 is 54.3 Å². The SMILES string of the molecule is c1ccc(-c2cccc3oc4cccc(-c5nc(-c6ccc7ccccc7c6)nc(-c6ccc7ccc8ccccc8c7c6)n5)c4c23)cc1. The van der Waals surface area contributed by atoms with Crippen molar-refractivity contribution in [2.24, 2.45) is 0 Å². The van der Waals surface area contributed by atoms with E-state index in [9.17, 15) is 0 Å². The van der Waals surface area contributed by atoms with Crippen LogP contribution >= 0.6 is 0 Å². The predicted molar refractivity (Wildman–Crippen MR) is 201 cm³/mol. The summed E-state index contributed by atoms with van der Waals surface area (Å²) in [7, 11) is 0. The van der Waals surface area contributed by atoms with Crippen molar-refractivity contribution in [3.05, 3.63) is 164 Å². The summed E-state index contributed by atoms with van der Waals surface area (Å²) < 4.78 is 6.47. The van der Waals surface area contributed by atoms with Crippen molar-refractivity contribution < 1.29 is 4.42 Å². The van der Waals surface area contributed by atoms with Gasteiger partial charge in [-0.1, -0.05) is 140 Å². The Morgan fingerprint density at radius 3 is 1.65 bits per heavy atom. The number of aromatic nitrogens is 3. The molecule has 0 aliphatic heterocycles. The van der Waals surface area contributed by atoms with Gasteiger partial charge in [0.05, 0.1) is 0 Å². The highest BCUT2D eigenvalue weighted by Crippen LogP contribution is 2.41. The topological polar surface area (TPSA) is 51.8 Å². The van der Waals surface area contributed by atoms with Crippen molar-refractivity contribution in [1.29, 1.82) is 0 Å². The number of nitrogens with zero attached hydrogens (tertiary/aromatic N) is 3. The third kappa shape index (κ3) is 4.57. The summed E-state index contributed by atoms with van der Waals surface area (Å²) in [5.41, 5.74) is 6.62. The maximum absolute atomic E-state index is 6.47.